The number of esters is 1. The second-order valence-electron chi connectivity index (χ2n) is 1.91. The van der Waals surface area contributed by atoms with Gasteiger partial charge in [-0.05, 0) is 0 Å². The predicted molar refractivity (Wildman–Crippen MR) is 51.2 cm³/mol. The second kappa shape index (κ2) is 8.76. The molecule has 6 nitrogen and oxygen atoms in total. The molecule has 0 bridgehead atoms. The van der Waals surface area contributed by atoms with Crippen LogP contribution in [0.15, 0.2) is 23.9 Å². The molecule has 7 heteroatoms. The quantitative estimate of drug-likeness (QED) is 0.430. The predicted octanol–water partition coefficient (Wildman–Crippen LogP) is 0.971. The molecule has 0 aromatic rings. The number of halogens is 1. The number of carboxylic acids is 2. The first-order valence-corrected chi connectivity index (χ1v) is 3.80. The molecule has 0 saturated heterocycles. The minimum atomic E-state index is -1.45. The lowest BCUT2D eigenvalue weighted by Crippen LogP contribution is -1.97. The zero-order valence-electron chi connectivity index (χ0n) is 7.77. The van der Waals surface area contributed by atoms with E-state index in [0.717, 1.165) is 6.26 Å². The Labute approximate surface area is 90.4 Å². The number of carbonyl (C=O) groups is 3. The summed E-state index contributed by atoms with van der Waals surface area (Å²) < 4.78 is 4.17. The van der Waals surface area contributed by atoms with E-state index in [1.165, 1.54) is 6.92 Å². The van der Waals surface area contributed by atoms with E-state index >= 15 is 0 Å². The van der Waals surface area contributed by atoms with E-state index in [1.54, 1.807) is 0 Å². The Bertz CT molecular complexity index is 294. The van der Waals surface area contributed by atoms with E-state index in [0.29, 0.717) is 6.08 Å². The van der Waals surface area contributed by atoms with Gasteiger partial charge in [0.15, 0.2) is 0 Å². The summed E-state index contributed by atoms with van der Waals surface area (Å²) in [5.41, 5.74) is 0. The largest absolute Gasteiger partial charge is 0.478 e. The molecule has 0 atom stereocenters. The molecule has 84 valence electrons. The number of carbonyl (C=O) groups excluding carboxylic acids is 1. The Morgan fingerprint density at radius 1 is 1.33 bits per heavy atom. The molecule has 2 N–H and O–H groups in total. The van der Waals surface area contributed by atoms with Crippen LogP contribution in [0.3, 0.4) is 0 Å². The molecule has 0 fully saturated rings. The molecule has 15 heavy (non-hydrogen) atoms. The first-order valence-electron chi connectivity index (χ1n) is 3.42. The van der Waals surface area contributed by atoms with Crippen molar-refractivity contribution in [2.75, 3.05) is 0 Å². The average Bonchev–Trinajstić information content (AvgIpc) is 2.03. The van der Waals surface area contributed by atoms with Crippen LogP contribution in [0.5, 0.6) is 0 Å². The maximum Gasteiger partial charge on any atom is 0.347 e. The third-order valence-corrected chi connectivity index (χ3v) is 0.975. The van der Waals surface area contributed by atoms with Gasteiger partial charge in [0.25, 0.3) is 0 Å². The standard InChI is InChI=1S/C4H3ClO4.C4H6O2/c5-2(4(8)9)1-3(6)7;1-3-6-4(2)5/h1H,(H,6,7)(H,8,9);3H,1H2,2H3. The molecular formula is C8H9ClO6. The Kier molecular flexibility index (Phi) is 9.14. The SMILES string of the molecule is C=COC(C)=O.O=C(O)C=C(Cl)C(=O)O. The van der Waals surface area contributed by atoms with Crippen molar-refractivity contribution >= 4 is 29.5 Å². The van der Waals surface area contributed by atoms with E-state index in [2.05, 4.69) is 11.3 Å². The van der Waals surface area contributed by atoms with Gasteiger partial charge in [-0.25, -0.2) is 9.59 Å². The molecule has 0 aliphatic heterocycles. The van der Waals surface area contributed by atoms with Gasteiger partial charge in [-0.3, -0.25) is 4.79 Å². The van der Waals surface area contributed by atoms with Gasteiger partial charge in [-0.1, -0.05) is 18.2 Å². The molecule has 0 aromatic carbocycles. The van der Waals surface area contributed by atoms with Crippen molar-refractivity contribution in [1.29, 1.82) is 0 Å². The smallest absolute Gasteiger partial charge is 0.347 e. The molecule has 0 aliphatic rings. The highest BCUT2D eigenvalue weighted by molar-refractivity contribution is 6.42. The first kappa shape index (κ1) is 15.6. The summed E-state index contributed by atoms with van der Waals surface area (Å²) in [5.74, 6) is -3.15. The minimum Gasteiger partial charge on any atom is -0.478 e. The fraction of sp³-hybridized carbons (Fsp3) is 0.125. The van der Waals surface area contributed by atoms with Gasteiger partial charge in [0.05, 0.1) is 6.26 Å². The lowest BCUT2D eigenvalue weighted by Gasteiger charge is -1.83. The third-order valence-electron chi connectivity index (χ3n) is 0.704. The Morgan fingerprint density at radius 2 is 1.80 bits per heavy atom. The van der Waals surface area contributed by atoms with Gasteiger partial charge >= 0.3 is 17.9 Å². The number of hydrogen-bond acceptors (Lipinski definition) is 4. The van der Waals surface area contributed by atoms with Crippen molar-refractivity contribution in [3.8, 4) is 0 Å². The van der Waals surface area contributed by atoms with Crippen LogP contribution >= 0.6 is 11.6 Å². The number of hydrogen-bond donors (Lipinski definition) is 2. The summed E-state index contributed by atoms with van der Waals surface area (Å²) in [6.45, 7) is 4.48. The zero-order chi connectivity index (χ0) is 12.4. The van der Waals surface area contributed by atoms with Crippen LogP contribution in [0.4, 0.5) is 0 Å². The third kappa shape index (κ3) is 15.0. The van der Waals surface area contributed by atoms with Gasteiger partial charge in [0.1, 0.15) is 5.03 Å². The van der Waals surface area contributed by atoms with Crippen LogP contribution < -0.4 is 0 Å². The summed E-state index contributed by atoms with van der Waals surface area (Å²) in [5, 5.41) is 15.2. The van der Waals surface area contributed by atoms with E-state index in [-0.39, 0.29) is 5.97 Å². The lowest BCUT2D eigenvalue weighted by molar-refractivity contribution is -0.135. The molecule has 0 unspecified atom stereocenters. The highest BCUT2D eigenvalue weighted by Gasteiger charge is 2.03. The minimum absolute atomic E-state index is 0.329. The van der Waals surface area contributed by atoms with Crippen LogP contribution in [0.1, 0.15) is 6.92 Å². The molecule has 0 saturated carbocycles. The second-order valence-corrected chi connectivity index (χ2v) is 2.32. The zero-order valence-corrected chi connectivity index (χ0v) is 8.52. The molecule has 0 radical (unpaired) electrons. The van der Waals surface area contributed by atoms with E-state index < -0.39 is 17.0 Å². The average molecular weight is 237 g/mol. The van der Waals surface area contributed by atoms with E-state index in [1.807, 2.05) is 0 Å². The molecule has 0 amide bonds. The van der Waals surface area contributed by atoms with Crippen molar-refractivity contribution in [3.63, 3.8) is 0 Å². The van der Waals surface area contributed by atoms with E-state index in [4.69, 9.17) is 21.8 Å². The van der Waals surface area contributed by atoms with E-state index in [9.17, 15) is 14.4 Å². The Hall–Kier alpha value is -1.82. The van der Waals surface area contributed by atoms with Gasteiger partial charge in [0.2, 0.25) is 0 Å². The number of carboxylic acid groups (broad SMARTS) is 2. The normalized spacial score (nSPS) is 9.33. The van der Waals surface area contributed by atoms with Crippen molar-refractivity contribution in [1.82, 2.24) is 0 Å². The molecular weight excluding hydrogens is 228 g/mol. The maximum absolute atomic E-state index is 9.77. The van der Waals surface area contributed by atoms with Crippen molar-refractivity contribution in [2.45, 2.75) is 6.92 Å². The summed E-state index contributed by atoms with van der Waals surface area (Å²) in [6, 6.07) is 0. The first-order chi connectivity index (χ1) is 6.81. The van der Waals surface area contributed by atoms with Crippen molar-refractivity contribution in [2.24, 2.45) is 0 Å². The van der Waals surface area contributed by atoms with Crippen molar-refractivity contribution < 1.29 is 29.3 Å². The molecule has 0 rings (SSSR count). The van der Waals surface area contributed by atoms with Crippen LogP contribution in [0.2, 0.25) is 0 Å². The van der Waals surface area contributed by atoms with Crippen LogP contribution in [-0.4, -0.2) is 28.1 Å². The molecule has 0 spiro atoms. The summed E-state index contributed by atoms with van der Waals surface area (Å²) in [6.07, 6.45) is 1.51. The molecule has 0 aromatic heterocycles. The summed E-state index contributed by atoms with van der Waals surface area (Å²) >= 11 is 4.89. The van der Waals surface area contributed by atoms with Gasteiger partial charge < -0.3 is 14.9 Å². The Balaban J connectivity index is 0. The topological polar surface area (TPSA) is 101 Å². The summed E-state index contributed by atoms with van der Waals surface area (Å²) in [4.78, 5) is 29.2. The highest BCUT2D eigenvalue weighted by atomic mass is 35.5. The van der Waals surface area contributed by atoms with Crippen LogP contribution in [0, 0.1) is 0 Å². The fourth-order valence-corrected chi connectivity index (χ4v) is 0.381. The maximum atomic E-state index is 9.77. The number of aliphatic carboxylic acids is 2. The summed E-state index contributed by atoms with van der Waals surface area (Å²) in [7, 11) is 0. The monoisotopic (exact) mass is 236 g/mol. The highest BCUT2D eigenvalue weighted by Crippen LogP contribution is 1.98. The molecule has 0 aliphatic carbocycles. The van der Waals surface area contributed by atoms with Crippen molar-refractivity contribution in [3.05, 3.63) is 23.9 Å². The van der Waals surface area contributed by atoms with Crippen LogP contribution in [0.25, 0.3) is 0 Å². The molecule has 0 heterocycles. The van der Waals surface area contributed by atoms with Crippen LogP contribution in [-0.2, 0) is 19.1 Å². The number of rotatable bonds is 3. The Morgan fingerprint density at radius 3 is 1.87 bits per heavy atom. The van der Waals surface area contributed by atoms with Gasteiger partial charge in [0, 0.05) is 13.0 Å². The van der Waals surface area contributed by atoms with Gasteiger partial charge in [-0.15, -0.1) is 0 Å². The number of ether oxygens (including phenoxy) is 1. The fourth-order valence-electron chi connectivity index (χ4n) is 0.287. The lowest BCUT2D eigenvalue weighted by atomic mass is 10.5. The van der Waals surface area contributed by atoms with Gasteiger partial charge in [-0.2, -0.15) is 0 Å².